The highest BCUT2D eigenvalue weighted by atomic mass is 32.1. The third-order valence-corrected chi connectivity index (χ3v) is 1.89. The minimum absolute atomic E-state index is 0.0872. The van der Waals surface area contributed by atoms with Gasteiger partial charge >= 0.3 is 0 Å². The molecule has 0 amide bonds. The Labute approximate surface area is 54.9 Å². The molecule has 0 rings (SSSR count). The van der Waals surface area contributed by atoms with Crippen LogP contribution in [-0.4, -0.2) is 15.3 Å². The molecule has 2 unspecified atom stereocenters. The van der Waals surface area contributed by atoms with Crippen molar-refractivity contribution in [2.24, 2.45) is 0 Å². The molecule has 0 aliphatic rings. The van der Waals surface area contributed by atoms with Gasteiger partial charge in [-0.1, -0.05) is 0 Å². The Kier molecular flexibility index (Phi) is 2.50. The number of thiol groups is 2. The maximum absolute atomic E-state index is 8.88. The van der Waals surface area contributed by atoms with Gasteiger partial charge in [-0.05, 0) is 13.8 Å². The van der Waals surface area contributed by atoms with Gasteiger partial charge in [0.05, 0.1) is 0 Å². The Hall–Kier alpha value is 0.660. The highest BCUT2D eigenvalue weighted by Gasteiger charge is 2.18. The summed E-state index contributed by atoms with van der Waals surface area (Å²) in [6.07, 6.45) is 0. The molecule has 3 heteroatoms. The van der Waals surface area contributed by atoms with Gasteiger partial charge in [-0.2, -0.15) is 12.6 Å². The monoisotopic (exact) mass is 138 g/mol. The first-order chi connectivity index (χ1) is 2.94. The fourth-order valence-electron chi connectivity index (χ4n) is 0. The molecule has 0 aromatic carbocycles. The standard InChI is InChI=1S/C4H10OS2/c1-3(6)4(2,5)7/h3,5-7H,1-2H3. The smallest absolute Gasteiger partial charge is 0.116 e. The van der Waals surface area contributed by atoms with Gasteiger partial charge in [0.1, 0.15) is 4.93 Å². The fourth-order valence-corrected chi connectivity index (χ4v) is 0. The van der Waals surface area contributed by atoms with Crippen LogP contribution in [0.3, 0.4) is 0 Å². The summed E-state index contributed by atoms with van der Waals surface area (Å²) in [5, 5.41) is 8.80. The van der Waals surface area contributed by atoms with Gasteiger partial charge in [0, 0.05) is 5.25 Å². The molecule has 0 saturated heterocycles. The molecular formula is C4H10OS2. The Morgan fingerprint density at radius 1 is 1.71 bits per heavy atom. The van der Waals surface area contributed by atoms with Gasteiger partial charge in [-0.15, -0.1) is 12.6 Å². The zero-order valence-electron chi connectivity index (χ0n) is 4.42. The van der Waals surface area contributed by atoms with Gasteiger partial charge in [0.2, 0.25) is 0 Å². The van der Waals surface area contributed by atoms with Gasteiger partial charge in [0.25, 0.3) is 0 Å². The van der Waals surface area contributed by atoms with Crippen molar-refractivity contribution in [2.45, 2.75) is 24.0 Å². The topological polar surface area (TPSA) is 20.2 Å². The molecule has 0 bridgehead atoms. The number of aliphatic hydroxyl groups is 1. The third kappa shape index (κ3) is 3.26. The summed E-state index contributed by atoms with van der Waals surface area (Å²) in [4.78, 5) is -0.941. The summed E-state index contributed by atoms with van der Waals surface area (Å²) in [7, 11) is 0. The molecule has 0 saturated carbocycles. The van der Waals surface area contributed by atoms with E-state index in [2.05, 4.69) is 25.3 Å². The van der Waals surface area contributed by atoms with Crippen molar-refractivity contribution >= 4 is 25.3 Å². The van der Waals surface area contributed by atoms with E-state index in [1.54, 1.807) is 13.8 Å². The lowest BCUT2D eigenvalue weighted by Gasteiger charge is -2.18. The lowest BCUT2D eigenvalue weighted by atomic mass is 10.3. The van der Waals surface area contributed by atoms with Gasteiger partial charge < -0.3 is 5.11 Å². The molecule has 0 heterocycles. The number of hydrogen-bond acceptors (Lipinski definition) is 3. The van der Waals surface area contributed by atoms with Crippen LogP contribution < -0.4 is 0 Å². The summed E-state index contributed by atoms with van der Waals surface area (Å²) in [6, 6.07) is 0. The van der Waals surface area contributed by atoms with E-state index in [1.165, 1.54) is 0 Å². The summed E-state index contributed by atoms with van der Waals surface area (Å²) < 4.78 is 0. The molecular weight excluding hydrogens is 128 g/mol. The zero-order valence-corrected chi connectivity index (χ0v) is 6.21. The molecule has 44 valence electrons. The molecule has 0 fully saturated rings. The van der Waals surface area contributed by atoms with Crippen LogP contribution in [0.25, 0.3) is 0 Å². The van der Waals surface area contributed by atoms with Crippen molar-refractivity contribution in [3.8, 4) is 0 Å². The van der Waals surface area contributed by atoms with E-state index in [0.717, 1.165) is 0 Å². The lowest BCUT2D eigenvalue weighted by molar-refractivity contribution is 0.162. The van der Waals surface area contributed by atoms with Crippen molar-refractivity contribution in [1.29, 1.82) is 0 Å². The van der Waals surface area contributed by atoms with E-state index in [9.17, 15) is 0 Å². The molecule has 0 aliphatic carbocycles. The normalized spacial score (nSPS) is 23.6. The van der Waals surface area contributed by atoms with Crippen LogP contribution >= 0.6 is 25.3 Å². The third-order valence-electron chi connectivity index (χ3n) is 0.791. The van der Waals surface area contributed by atoms with Gasteiger partial charge in [0.15, 0.2) is 0 Å². The Morgan fingerprint density at radius 3 is 1.86 bits per heavy atom. The quantitative estimate of drug-likeness (QED) is 0.364. The summed E-state index contributed by atoms with van der Waals surface area (Å²) >= 11 is 7.78. The predicted molar refractivity (Wildman–Crippen MR) is 38.1 cm³/mol. The highest BCUT2D eigenvalue weighted by molar-refractivity contribution is 7.85. The summed E-state index contributed by atoms with van der Waals surface area (Å²) in [5.41, 5.74) is 0. The van der Waals surface area contributed by atoms with E-state index in [0.29, 0.717) is 0 Å². The summed E-state index contributed by atoms with van der Waals surface area (Å²) in [5.74, 6) is 0. The minimum Gasteiger partial charge on any atom is -0.379 e. The van der Waals surface area contributed by atoms with E-state index in [1.807, 2.05) is 0 Å². The largest absolute Gasteiger partial charge is 0.379 e. The van der Waals surface area contributed by atoms with E-state index >= 15 is 0 Å². The van der Waals surface area contributed by atoms with E-state index < -0.39 is 4.93 Å². The Bertz CT molecular complexity index is 55.2. The van der Waals surface area contributed by atoms with Crippen LogP contribution in [-0.2, 0) is 0 Å². The van der Waals surface area contributed by atoms with E-state index in [4.69, 9.17) is 5.11 Å². The Balaban J connectivity index is 3.54. The van der Waals surface area contributed by atoms with Crippen LogP contribution in [0, 0.1) is 0 Å². The van der Waals surface area contributed by atoms with Crippen LogP contribution in [0.4, 0.5) is 0 Å². The molecule has 0 aromatic rings. The van der Waals surface area contributed by atoms with Crippen LogP contribution in [0.15, 0.2) is 0 Å². The first-order valence-corrected chi connectivity index (χ1v) is 3.04. The predicted octanol–water partition coefficient (Wildman–Crippen LogP) is 0.943. The van der Waals surface area contributed by atoms with Crippen molar-refractivity contribution in [3.63, 3.8) is 0 Å². The summed E-state index contributed by atoms with van der Waals surface area (Å²) in [6.45, 7) is 3.39. The molecule has 0 aromatic heterocycles. The zero-order chi connectivity index (χ0) is 6.08. The number of hydrogen-bond donors (Lipinski definition) is 3. The average Bonchev–Trinajstić information content (AvgIpc) is 1.31. The molecule has 1 N–H and O–H groups in total. The van der Waals surface area contributed by atoms with Crippen molar-refractivity contribution in [3.05, 3.63) is 0 Å². The van der Waals surface area contributed by atoms with Crippen molar-refractivity contribution in [2.75, 3.05) is 0 Å². The molecule has 0 spiro atoms. The van der Waals surface area contributed by atoms with Gasteiger partial charge in [-0.3, -0.25) is 0 Å². The second-order valence-corrected chi connectivity index (χ2v) is 3.45. The molecule has 7 heavy (non-hydrogen) atoms. The second-order valence-electron chi connectivity index (χ2n) is 1.77. The van der Waals surface area contributed by atoms with Crippen molar-refractivity contribution < 1.29 is 5.11 Å². The first-order valence-electron chi connectivity index (χ1n) is 2.07. The van der Waals surface area contributed by atoms with Crippen molar-refractivity contribution in [1.82, 2.24) is 0 Å². The molecule has 2 atom stereocenters. The minimum atomic E-state index is -0.941. The lowest BCUT2D eigenvalue weighted by Crippen LogP contribution is -2.25. The maximum Gasteiger partial charge on any atom is 0.116 e. The maximum atomic E-state index is 8.88. The second kappa shape index (κ2) is 2.29. The first kappa shape index (κ1) is 7.66. The van der Waals surface area contributed by atoms with Crippen LogP contribution in [0.5, 0.6) is 0 Å². The van der Waals surface area contributed by atoms with Crippen LogP contribution in [0.1, 0.15) is 13.8 Å². The SMILES string of the molecule is CC(S)C(C)(O)S. The highest BCUT2D eigenvalue weighted by Crippen LogP contribution is 2.17. The average molecular weight is 138 g/mol. The molecule has 0 radical (unpaired) electrons. The molecule has 1 nitrogen and oxygen atoms in total. The van der Waals surface area contributed by atoms with Gasteiger partial charge in [-0.25, -0.2) is 0 Å². The van der Waals surface area contributed by atoms with E-state index in [-0.39, 0.29) is 5.25 Å². The number of rotatable bonds is 1. The Morgan fingerprint density at radius 2 is 1.86 bits per heavy atom. The fraction of sp³-hybridized carbons (Fsp3) is 1.00. The molecule has 0 aliphatic heterocycles. The van der Waals surface area contributed by atoms with Crippen LogP contribution in [0.2, 0.25) is 0 Å².